The molecule has 2 heterocycles. The summed E-state index contributed by atoms with van der Waals surface area (Å²) in [6, 6.07) is 2.26. The SMILES string of the molecule is CC1CCN1c1nccc(N)n1. The number of rotatable bonds is 1. The molecule has 1 aromatic rings. The maximum atomic E-state index is 5.54. The smallest absolute Gasteiger partial charge is 0.227 e. The van der Waals surface area contributed by atoms with Crippen molar-refractivity contribution in [2.24, 2.45) is 0 Å². The van der Waals surface area contributed by atoms with Crippen molar-refractivity contribution in [1.29, 1.82) is 0 Å². The van der Waals surface area contributed by atoms with Gasteiger partial charge in [0.25, 0.3) is 0 Å². The molecular weight excluding hydrogens is 152 g/mol. The Hall–Kier alpha value is -1.32. The minimum atomic E-state index is 0.541. The van der Waals surface area contributed by atoms with Crippen LogP contribution in [0.25, 0.3) is 0 Å². The Morgan fingerprint density at radius 2 is 2.50 bits per heavy atom. The molecule has 0 radical (unpaired) electrons. The van der Waals surface area contributed by atoms with Crippen molar-refractivity contribution in [1.82, 2.24) is 9.97 Å². The molecular formula is C8H12N4. The molecule has 1 aliphatic heterocycles. The molecule has 1 fully saturated rings. The second-order valence-corrected chi connectivity index (χ2v) is 3.11. The Balaban J connectivity index is 2.22. The first-order chi connectivity index (χ1) is 5.77. The van der Waals surface area contributed by atoms with Crippen LogP contribution in [-0.4, -0.2) is 22.6 Å². The van der Waals surface area contributed by atoms with Crippen LogP contribution in [0.3, 0.4) is 0 Å². The van der Waals surface area contributed by atoms with Crippen molar-refractivity contribution in [2.45, 2.75) is 19.4 Å². The van der Waals surface area contributed by atoms with E-state index in [2.05, 4.69) is 21.8 Å². The molecule has 1 aromatic heterocycles. The number of hydrogen-bond donors (Lipinski definition) is 1. The topological polar surface area (TPSA) is 55.0 Å². The lowest BCUT2D eigenvalue weighted by Gasteiger charge is -2.38. The Kier molecular flexibility index (Phi) is 1.60. The summed E-state index contributed by atoms with van der Waals surface area (Å²) in [6.45, 7) is 3.21. The molecule has 1 saturated heterocycles. The van der Waals surface area contributed by atoms with Crippen LogP contribution >= 0.6 is 0 Å². The monoisotopic (exact) mass is 164 g/mol. The van der Waals surface area contributed by atoms with Gasteiger partial charge < -0.3 is 10.6 Å². The summed E-state index contributed by atoms with van der Waals surface area (Å²) < 4.78 is 0. The lowest BCUT2D eigenvalue weighted by molar-refractivity contribution is 0.471. The van der Waals surface area contributed by atoms with Gasteiger partial charge in [-0.05, 0) is 19.4 Å². The second-order valence-electron chi connectivity index (χ2n) is 3.11. The first kappa shape index (κ1) is 7.34. The molecule has 0 amide bonds. The van der Waals surface area contributed by atoms with Crippen molar-refractivity contribution in [3.63, 3.8) is 0 Å². The van der Waals surface area contributed by atoms with Gasteiger partial charge in [0.2, 0.25) is 5.95 Å². The van der Waals surface area contributed by atoms with Crippen LogP contribution in [0.4, 0.5) is 11.8 Å². The van der Waals surface area contributed by atoms with Gasteiger partial charge in [-0.2, -0.15) is 4.98 Å². The number of nitrogens with zero attached hydrogens (tertiary/aromatic N) is 3. The molecule has 4 heteroatoms. The molecule has 1 atom stereocenters. The maximum absolute atomic E-state index is 5.54. The standard InChI is InChI=1S/C8H12N4/c1-6-3-5-12(6)8-10-4-2-7(9)11-8/h2,4,6H,3,5H2,1H3,(H2,9,10,11). The molecule has 2 N–H and O–H groups in total. The highest BCUT2D eigenvalue weighted by molar-refractivity contribution is 5.40. The molecule has 12 heavy (non-hydrogen) atoms. The van der Waals surface area contributed by atoms with Gasteiger partial charge in [0.15, 0.2) is 0 Å². The van der Waals surface area contributed by atoms with Crippen molar-refractivity contribution >= 4 is 11.8 Å². The number of hydrogen-bond acceptors (Lipinski definition) is 4. The van der Waals surface area contributed by atoms with Crippen LogP contribution in [0.2, 0.25) is 0 Å². The quantitative estimate of drug-likeness (QED) is 0.662. The zero-order valence-electron chi connectivity index (χ0n) is 7.07. The predicted molar refractivity (Wildman–Crippen MR) is 47.9 cm³/mol. The molecule has 0 aromatic carbocycles. The van der Waals surface area contributed by atoms with E-state index in [0.29, 0.717) is 11.9 Å². The Bertz CT molecular complexity index is 286. The average molecular weight is 164 g/mol. The fourth-order valence-electron chi connectivity index (χ4n) is 1.31. The molecule has 0 spiro atoms. The van der Waals surface area contributed by atoms with Crippen LogP contribution in [0.1, 0.15) is 13.3 Å². The lowest BCUT2D eigenvalue weighted by atomic mass is 10.1. The first-order valence-electron chi connectivity index (χ1n) is 4.12. The Labute approximate surface area is 71.4 Å². The van der Waals surface area contributed by atoms with Crippen molar-refractivity contribution in [3.8, 4) is 0 Å². The number of anilines is 2. The van der Waals surface area contributed by atoms with E-state index < -0.39 is 0 Å². The summed E-state index contributed by atoms with van der Waals surface area (Å²) in [4.78, 5) is 10.4. The van der Waals surface area contributed by atoms with Gasteiger partial charge >= 0.3 is 0 Å². The van der Waals surface area contributed by atoms with Gasteiger partial charge in [0, 0.05) is 18.8 Å². The van der Waals surface area contributed by atoms with Gasteiger partial charge in [0.1, 0.15) is 5.82 Å². The molecule has 4 nitrogen and oxygen atoms in total. The second kappa shape index (κ2) is 2.62. The van der Waals surface area contributed by atoms with Gasteiger partial charge in [-0.15, -0.1) is 0 Å². The van der Waals surface area contributed by atoms with Crippen LogP contribution < -0.4 is 10.6 Å². The van der Waals surface area contributed by atoms with Crippen LogP contribution in [0.15, 0.2) is 12.3 Å². The molecule has 2 rings (SSSR count). The largest absolute Gasteiger partial charge is 0.384 e. The number of nitrogen functional groups attached to an aromatic ring is 1. The molecule has 1 aliphatic rings. The third kappa shape index (κ3) is 1.09. The molecule has 0 bridgehead atoms. The molecule has 64 valence electrons. The number of aromatic nitrogens is 2. The van der Waals surface area contributed by atoms with E-state index >= 15 is 0 Å². The van der Waals surface area contributed by atoms with Crippen molar-refractivity contribution < 1.29 is 0 Å². The summed E-state index contributed by atoms with van der Waals surface area (Å²) in [6.07, 6.45) is 2.92. The maximum Gasteiger partial charge on any atom is 0.227 e. The van der Waals surface area contributed by atoms with Crippen molar-refractivity contribution in [3.05, 3.63) is 12.3 Å². The van der Waals surface area contributed by atoms with Gasteiger partial charge in [0.05, 0.1) is 0 Å². The highest BCUT2D eigenvalue weighted by Crippen LogP contribution is 2.22. The first-order valence-corrected chi connectivity index (χ1v) is 4.12. The summed E-state index contributed by atoms with van der Waals surface area (Å²) in [5, 5.41) is 0. The fraction of sp³-hybridized carbons (Fsp3) is 0.500. The van der Waals surface area contributed by atoms with Gasteiger partial charge in [-0.25, -0.2) is 4.98 Å². The minimum absolute atomic E-state index is 0.541. The number of nitrogens with two attached hydrogens (primary N) is 1. The summed E-state index contributed by atoms with van der Waals surface area (Å²) >= 11 is 0. The zero-order valence-corrected chi connectivity index (χ0v) is 7.07. The van der Waals surface area contributed by atoms with E-state index in [4.69, 9.17) is 5.73 Å². The summed E-state index contributed by atoms with van der Waals surface area (Å²) in [7, 11) is 0. The highest BCUT2D eigenvalue weighted by atomic mass is 15.3. The summed E-state index contributed by atoms with van der Waals surface area (Å²) in [5.41, 5.74) is 5.54. The lowest BCUT2D eigenvalue weighted by Crippen LogP contribution is -2.46. The Morgan fingerprint density at radius 1 is 1.67 bits per heavy atom. The van der Waals surface area contributed by atoms with Crippen LogP contribution in [0.5, 0.6) is 0 Å². The third-order valence-corrected chi connectivity index (χ3v) is 2.24. The third-order valence-electron chi connectivity index (χ3n) is 2.24. The van der Waals surface area contributed by atoms with Crippen LogP contribution in [0, 0.1) is 0 Å². The van der Waals surface area contributed by atoms with Crippen molar-refractivity contribution in [2.75, 3.05) is 17.2 Å². The Morgan fingerprint density at radius 3 is 3.00 bits per heavy atom. The highest BCUT2D eigenvalue weighted by Gasteiger charge is 2.25. The van der Waals surface area contributed by atoms with Crippen LogP contribution in [-0.2, 0) is 0 Å². The van der Waals surface area contributed by atoms with E-state index in [1.165, 1.54) is 6.42 Å². The van der Waals surface area contributed by atoms with E-state index in [1.54, 1.807) is 12.3 Å². The average Bonchev–Trinajstić information content (AvgIpc) is 2.02. The van der Waals surface area contributed by atoms with E-state index in [9.17, 15) is 0 Å². The fourth-order valence-corrected chi connectivity index (χ4v) is 1.31. The van der Waals surface area contributed by atoms with E-state index in [1.807, 2.05) is 0 Å². The normalized spacial score (nSPS) is 22.1. The predicted octanol–water partition coefficient (Wildman–Crippen LogP) is 0.657. The molecule has 0 saturated carbocycles. The zero-order chi connectivity index (χ0) is 8.55. The van der Waals surface area contributed by atoms with Gasteiger partial charge in [-0.3, -0.25) is 0 Å². The molecule has 1 unspecified atom stereocenters. The minimum Gasteiger partial charge on any atom is -0.384 e. The molecule has 0 aliphatic carbocycles. The van der Waals surface area contributed by atoms with Gasteiger partial charge in [-0.1, -0.05) is 0 Å². The summed E-state index contributed by atoms with van der Waals surface area (Å²) in [5.74, 6) is 1.30. The van der Waals surface area contributed by atoms with E-state index in [0.717, 1.165) is 12.5 Å². The van der Waals surface area contributed by atoms with E-state index in [-0.39, 0.29) is 0 Å².